The van der Waals surface area contributed by atoms with Crippen molar-refractivity contribution >= 4 is 21.6 Å². The van der Waals surface area contributed by atoms with Gasteiger partial charge in [-0.3, -0.25) is 4.79 Å². The summed E-state index contributed by atoms with van der Waals surface area (Å²) in [7, 11) is -3.74. The number of nitrogens with one attached hydrogen (secondary N) is 2. The van der Waals surface area contributed by atoms with Crippen molar-refractivity contribution in [3.05, 3.63) is 59.2 Å². The molecule has 2 aromatic rings. The summed E-state index contributed by atoms with van der Waals surface area (Å²) in [5, 5.41) is 2.80. The van der Waals surface area contributed by atoms with Crippen LogP contribution < -0.4 is 10.0 Å². The minimum absolute atomic E-state index is 0.139. The molecule has 6 heteroatoms. The van der Waals surface area contributed by atoms with Crippen LogP contribution in [0, 0.1) is 20.8 Å². The molecule has 5 nitrogen and oxygen atoms in total. The molecule has 1 atom stereocenters. The van der Waals surface area contributed by atoms with Crippen molar-refractivity contribution in [2.45, 2.75) is 38.6 Å². The van der Waals surface area contributed by atoms with E-state index in [4.69, 9.17) is 0 Å². The third kappa shape index (κ3) is 4.21. The molecule has 0 unspecified atom stereocenters. The number of rotatable bonds is 5. The Bertz CT molecular complexity index is 823. The molecule has 0 aliphatic heterocycles. The van der Waals surface area contributed by atoms with Gasteiger partial charge in [0.15, 0.2) is 0 Å². The van der Waals surface area contributed by atoms with Gasteiger partial charge in [0.2, 0.25) is 15.9 Å². The molecule has 128 valence electrons. The highest BCUT2D eigenvalue weighted by Crippen LogP contribution is 2.19. The number of carbonyl (C=O) groups is 1. The van der Waals surface area contributed by atoms with Crippen LogP contribution in [-0.2, 0) is 14.8 Å². The Morgan fingerprint density at radius 1 is 0.958 bits per heavy atom. The summed E-state index contributed by atoms with van der Waals surface area (Å²) in [5.74, 6) is -0.400. The lowest BCUT2D eigenvalue weighted by molar-refractivity contribution is -0.117. The van der Waals surface area contributed by atoms with Crippen LogP contribution in [0.25, 0.3) is 0 Å². The van der Waals surface area contributed by atoms with Crippen LogP contribution in [0.3, 0.4) is 0 Å². The van der Waals surface area contributed by atoms with Gasteiger partial charge >= 0.3 is 0 Å². The molecule has 0 saturated carbocycles. The monoisotopic (exact) mass is 346 g/mol. The lowest BCUT2D eigenvalue weighted by Gasteiger charge is -2.17. The largest absolute Gasteiger partial charge is 0.324 e. The number of hydrogen-bond donors (Lipinski definition) is 2. The number of carbonyl (C=O) groups excluding carboxylic acids is 1. The van der Waals surface area contributed by atoms with Crippen LogP contribution in [0.1, 0.15) is 23.6 Å². The van der Waals surface area contributed by atoms with Crippen molar-refractivity contribution in [1.29, 1.82) is 0 Å². The number of anilines is 1. The predicted molar refractivity (Wildman–Crippen MR) is 95.5 cm³/mol. The summed E-state index contributed by atoms with van der Waals surface area (Å²) in [6, 6.07) is 11.3. The molecule has 0 aliphatic rings. The fourth-order valence-electron chi connectivity index (χ4n) is 2.31. The standard InChI is InChI=1S/C18H22N2O3S/c1-12-8-10-16(11-9-12)24(22,23)20-15(4)18(21)19-17-13(2)6-5-7-14(17)3/h5-11,15,20H,1-4H3,(H,19,21)/t15-/m0/s1. The van der Waals surface area contributed by atoms with Crippen molar-refractivity contribution in [3.63, 3.8) is 0 Å². The highest BCUT2D eigenvalue weighted by molar-refractivity contribution is 7.89. The molecule has 0 aliphatic carbocycles. The number of benzene rings is 2. The summed E-state index contributed by atoms with van der Waals surface area (Å²) < 4.78 is 27.1. The third-order valence-electron chi connectivity index (χ3n) is 3.79. The average Bonchev–Trinajstić information content (AvgIpc) is 2.51. The first-order chi connectivity index (χ1) is 11.2. The maximum atomic E-state index is 12.4. The van der Waals surface area contributed by atoms with Crippen molar-refractivity contribution in [2.75, 3.05) is 5.32 Å². The Kier molecular flexibility index (Phi) is 5.41. The SMILES string of the molecule is Cc1ccc(S(=O)(=O)N[C@@H](C)C(=O)Nc2c(C)cccc2C)cc1. The van der Waals surface area contributed by atoms with E-state index in [0.717, 1.165) is 16.7 Å². The second-order valence-corrected chi connectivity index (χ2v) is 7.63. The van der Waals surface area contributed by atoms with E-state index in [9.17, 15) is 13.2 Å². The topological polar surface area (TPSA) is 75.3 Å². The maximum absolute atomic E-state index is 12.4. The molecule has 0 spiro atoms. The zero-order valence-corrected chi connectivity index (χ0v) is 15.1. The minimum atomic E-state index is -3.74. The van der Waals surface area contributed by atoms with Crippen LogP contribution in [0.2, 0.25) is 0 Å². The molecule has 0 radical (unpaired) electrons. The Balaban J connectivity index is 2.12. The van der Waals surface area contributed by atoms with E-state index in [1.165, 1.54) is 19.1 Å². The van der Waals surface area contributed by atoms with Crippen LogP contribution in [-0.4, -0.2) is 20.4 Å². The van der Waals surface area contributed by atoms with Crippen LogP contribution in [0.4, 0.5) is 5.69 Å². The molecular weight excluding hydrogens is 324 g/mol. The van der Waals surface area contributed by atoms with Gasteiger partial charge in [-0.1, -0.05) is 35.9 Å². The Labute approximate surface area is 143 Å². The minimum Gasteiger partial charge on any atom is -0.324 e. The second-order valence-electron chi connectivity index (χ2n) is 5.91. The van der Waals surface area contributed by atoms with E-state index in [-0.39, 0.29) is 4.90 Å². The zero-order valence-electron chi connectivity index (χ0n) is 14.3. The van der Waals surface area contributed by atoms with E-state index >= 15 is 0 Å². The quantitative estimate of drug-likeness (QED) is 0.874. The van der Waals surface area contributed by atoms with E-state index in [2.05, 4.69) is 10.0 Å². The smallest absolute Gasteiger partial charge is 0.242 e. The lowest BCUT2D eigenvalue weighted by Crippen LogP contribution is -2.41. The van der Waals surface area contributed by atoms with Gasteiger partial charge in [-0.15, -0.1) is 0 Å². The molecule has 2 N–H and O–H groups in total. The average molecular weight is 346 g/mol. The van der Waals surface area contributed by atoms with E-state index in [1.54, 1.807) is 12.1 Å². The highest BCUT2D eigenvalue weighted by Gasteiger charge is 2.22. The Hall–Kier alpha value is -2.18. The molecule has 2 rings (SSSR count). The first-order valence-electron chi connectivity index (χ1n) is 7.67. The number of para-hydroxylation sites is 1. The molecular formula is C18H22N2O3S. The molecule has 1 amide bonds. The molecule has 0 fully saturated rings. The van der Waals surface area contributed by atoms with Crippen molar-refractivity contribution < 1.29 is 13.2 Å². The van der Waals surface area contributed by atoms with Crippen molar-refractivity contribution in [1.82, 2.24) is 4.72 Å². The van der Waals surface area contributed by atoms with Crippen molar-refractivity contribution in [2.24, 2.45) is 0 Å². The second kappa shape index (κ2) is 7.15. The lowest BCUT2D eigenvalue weighted by atomic mass is 10.1. The van der Waals surface area contributed by atoms with Crippen molar-refractivity contribution in [3.8, 4) is 0 Å². The number of sulfonamides is 1. The predicted octanol–water partition coefficient (Wildman–Crippen LogP) is 2.92. The van der Waals surface area contributed by atoms with E-state index in [1.807, 2.05) is 39.0 Å². The fraction of sp³-hybridized carbons (Fsp3) is 0.278. The number of aryl methyl sites for hydroxylation is 3. The summed E-state index contributed by atoms with van der Waals surface area (Å²) in [4.78, 5) is 12.5. The molecule has 0 heterocycles. The Morgan fingerprint density at radius 2 is 1.50 bits per heavy atom. The first kappa shape index (κ1) is 18.2. The molecule has 0 aromatic heterocycles. The Morgan fingerprint density at radius 3 is 2.04 bits per heavy atom. The van der Waals surface area contributed by atoms with Gasteiger partial charge in [0.25, 0.3) is 0 Å². The van der Waals surface area contributed by atoms with Crippen LogP contribution >= 0.6 is 0 Å². The van der Waals surface area contributed by atoms with Crippen LogP contribution in [0.5, 0.6) is 0 Å². The van der Waals surface area contributed by atoms with Gasteiger partial charge in [0, 0.05) is 5.69 Å². The van der Waals surface area contributed by atoms with E-state index < -0.39 is 22.0 Å². The summed E-state index contributed by atoms with van der Waals surface area (Å²) in [6.07, 6.45) is 0. The van der Waals surface area contributed by atoms with Gasteiger partial charge in [-0.25, -0.2) is 8.42 Å². The van der Waals surface area contributed by atoms with Gasteiger partial charge in [0.1, 0.15) is 0 Å². The summed E-state index contributed by atoms with van der Waals surface area (Å²) >= 11 is 0. The maximum Gasteiger partial charge on any atom is 0.242 e. The number of amides is 1. The normalized spacial score (nSPS) is 12.7. The van der Waals surface area contributed by atoms with Crippen LogP contribution in [0.15, 0.2) is 47.4 Å². The zero-order chi connectivity index (χ0) is 17.9. The van der Waals surface area contributed by atoms with Gasteiger partial charge in [-0.2, -0.15) is 4.72 Å². The van der Waals surface area contributed by atoms with E-state index in [0.29, 0.717) is 5.69 Å². The fourth-order valence-corrected chi connectivity index (χ4v) is 3.52. The van der Waals surface area contributed by atoms with Gasteiger partial charge in [0.05, 0.1) is 10.9 Å². The molecule has 0 saturated heterocycles. The molecule has 0 bridgehead atoms. The highest BCUT2D eigenvalue weighted by atomic mass is 32.2. The molecule has 2 aromatic carbocycles. The van der Waals surface area contributed by atoms with Gasteiger partial charge < -0.3 is 5.32 Å². The molecule has 24 heavy (non-hydrogen) atoms. The summed E-state index contributed by atoms with van der Waals surface area (Å²) in [5.41, 5.74) is 3.53. The van der Waals surface area contributed by atoms with Gasteiger partial charge in [-0.05, 0) is 51.0 Å². The first-order valence-corrected chi connectivity index (χ1v) is 9.15. The number of hydrogen-bond acceptors (Lipinski definition) is 3. The summed E-state index contributed by atoms with van der Waals surface area (Å²) in [6.45, 7) is 7.19. The third-order valence-corrected chi connectivity index (χ3v) is 5.34.